The van der Waals surface area contributed by atoms with E-state index in [1.54, 1.807) is 0 Å². The Morgan fingerprint density at radius 2 is 1.67 bits per heavy atom. The summed E-state index contributed by atoms with van der Waals surface area (Å²) in [6, 6.07) is 0. The molecule has 0 amide bonds. The van der Waals surface area contributed by atoms with Gasteiger partial charge in [0.2, 0.25) is 0 Å². The topological polar surface area (TPSA) is 40.5 Å². The van der Waals surface area contributed by atoms with E-state index < -0.39 is 7.12 Å². The Kier molecular flexibility index (Phi) is 3.22. The van der Waals surface area contributed by atoms with Gasteiger partial charge in [-0.15, -0.1) is 0 Å². The largest absolute Gasteiger partial charge is 0.451 e. The molecule has 0 radical (unpaired) electrons. The van der Waals surface area contributed by atoms with E-state index in [2.05, 4.69) is 20.8 Å². The zero-order valence-electron chi connectivity index (χ0n) is 6.39. The molecule has 0 saturated carbocycles. The Labute approximate surface area is 57.0 Å². The molecule has 54 valence electrons. The van der Waals surface area contributed by atoms with Gasteiger partial charge in [0.25, 0.3) is 0 Å². The quantitative estimate of drug-likeness (QED) is 0.545. The van der Waals surface area contributed by atoms with Gasteiger partial charge in [0.1, 0.15) is 0 Å². The predicted molar refractivity (Wildman–Crippen MR) is 39.1 cm³/mol. The summed E-state index contributed by atoms with van der Waals surface area (Å²) in [6.07, 6.45) is 1.33. The summed E-state index contributed by atoms with van der Waals surface area (Å²) >= 11 is 0. The molecular weight excluding hydrogens is 115 g/mol. The first kappa shape index (κ1) is 8.98. The lowest BCUT2D eigenvalue weighted by Gasteiger charge is -2.16. The minimum atomic E-state index is -1.13. The molecule has 2 N–H and O–H groups in total. The Hall–Kier alpha value is -0.0151. The van der Waals surface area contributed by atoms with E-state index in [4.69, 9.17) is 10.0 Å². The van der Waals surface area contributed by atoms with E-state index >= 15 is 0 Å². The summed E-state index contributed by atoms with van der Waals surface area (Å²) in [5.41, 5.74) is 0.212. The van der Waals surface area contributed by atoms with Crippen molar-refractivity contribution in [2.75, 3.05) is 0 Å². The van der Waals surface area contributed by atoms with E-state index in [1.807, 2.05) is 0 Å². The Morgan fingerprint density at radius 3 is 1.78 bits per heavy atom. The third-order valence-corrected chi connectivity index (χ3v) is 1.15. The van der Waals surface area contributed by atoms with Crippen LogP contribution in [0.15, 0.2) is 0 Å². The first-order chi connectivity index (χ1) is 3.92. The second-order valence-electron chi connectivity index (χ2n) is 3.58. The molecule has 0 aromatic carbocycles. The van der Waals surface area contributed by atoms with Crippen molar-refractivity contribution in [3.8, 4) is 0 Å². The monoisotopic (exact) mass is 130 g/mol. The van der Waals surface area contributed by atoms with Crippen molar-refractivity contribution >= 4 is 7.12 Å². The van der Waals surface area contributed by atoms with Crippen LogP contribution in [-0.4, -0.2) is 17.2 Å². The highest BCUT2D eigenvalue weighted by molar-refractivity contribution is 6.40. The van der Waals surface area contributed by atoms with E-state index in [1.165, 1.54) is 0 Å². The van der Waals surface area contributed by atoms with Crippen molar-refractivity contribution in [1.29, 1.82) is 0 Å². The molecule has 3 heteroatoms. The highest BCUT2D eigenvalue weighted by Crippen LogP contribution is 2.20. The van der Waals surface area contributed by atoms with Gasteiger partial charge in [0, 0.05) is 0 Å². The summed E-state index contributed by atoms with van der Waals surface area (Å²) in [4.78, 5) is 0. The molecule has 2 nitrogen and oxygen atoms in total. The molecule has 0 aromatic heterocycles. The predicted octanol–water partition coefficient (Wildman–Crippen LogP) is 0.895. The number of hydrogen-bond donors (Lipinski definition) is 2. The highest BCUT2D eigenvalue weighted by Gasteiger charge is 2.14. The van der Waals surface area contributed by atoms with E-state index in [-0.39, 0.29) is 5.41 Å². The Morgan fingerprint density at radius 1 is 1.22 bits per heavy atom. The van der Waals surface area contributed by atoms with Crippen LogP contribution in [0.3, 0.4) is 0 Å². The maximum atomic E-state index is 8.47. The van der Waals surface area contributed by atoms with Crippen molar-refractivity contribution in [3.05, 3.63) is 0 Å². The Bertz CT molecular complexity index is 75.6. The summed E-state index contributed by atoms with van der Waals surface area (Å²) in [7, 11) is -1.13. The fraction of sp³-hybridized carbons (Fsp3) is 1.00. The van der Waals surface area contributed by atoms with Crippen LogP contribution >= 0.6 is 0 Å². The summed E-state index contributed by atoms with van der Waals surface area (Å²) < 4.78 is 0. The van der Waals surface area contributed by atoms with Crippen molar-refractivity contribution in [2.45, 2.75) is 33.5 Å². The van der Waals surface area contributed by atoms with Gasteiger partial charge in [-0.25, -0.2) is 0 Å². The standard InChI is InChI=1S/C6H15BO2/c1-6(2,3)4-5-7(8)9/h8-9H,4-5H2,1-3H3. The van der Waals surface area contributed by atoms with Crippen LogP contribution in [0, 0.1) is 5.41 Å². The lowest BCUT2D eigenvalue weighted by atomic mass is 9.77. The van der Waals surface area contributed by atoms with E-state index in [0.717, 1.165) is 6.42 Å². The molecule has 0 atom stereocenters. The minimum absolute atomic E-state index is 0.212. The van der Waals surface area contributed by atoms with Crippen LogP contribution in [0.2, 0.25) is 6.32 Å². The SMILES string of the molecule is CC(C)(C)CCB(O)O. The van der Waals surface area contributed by atoms with Gasteiger partial charge in [0.15, 0.2) is 0 Å². The van der Waals surface area contributed by atoms with Crippen molar-refractivity contribution in [3.63, 3.8) is 0 Å². The first-order valence-electron chi connectivity index (χ1n) is 3.28. The lowest BCUT2D eigenvalue weighted by Crippen LogP contribution is -2.15. The van der Waals surface area contributed by atoms with Crippen molar-refractivity contribution in [1.82, 2.24) is 0 Å². The lowest BCUT2D eigenvalue weighted by molar-refractivity contribution is 0.355. The third kappa shape index (κ3) is 7.98. The van der Waals surface area contributed by atoms with Gasteiger partial charge < -0.3 is 10.0 Å². The van der Waals surface area contributed by atoms with Gasteiger partial charge in [0.05, 0.1) is 0 Å². The molecule has 0 aliphatic rings. The van der Waals surface area contributed by atoms with Crippen LogP contribution in [-0.2, 0) is 0 Å². The van der Waals surface area contributed by atoms with Crippen molar-refractivity contribution in [2.24, 2.45) is 5.41 Å². The molecule has 0 heterocycles. The molecule has 0 aromatic rings. The molecule has 0 unspecified atom stereocenters. The molecule has 0 fully saturated rings. The average molecular weight is 130 g/mol. The van der Waals surface area contributed by atoms with Crippen LogP contribution in [0.1, 0.15) is 27.2 Å². The molecule has 9 heavy (non-hydrogen) atoms. The molecule has 0 aliphatic heterocycles. The minimum Gasteiger partial charge on any atom is -0.427 e. The van der Waals surface area contributed by atoms with Gasteiger partial charge in [-0.2, -0.15) is 0 Å². The van der Waals surface area contributed by atoms with Crippen molar-refractivity contribution < 1.29 is 10.0 Å². The molecule has 0 bridgehead atoms. The average Bonchev–Trinajstić information content (AvgIpc) is 1.59. The van der Waals surface area contributed by atoms with Crippen LogP contribution in [0.5, 0.6) is 0 Å². The number of rotatable bonds is 2. The summed E-state index contributed by atoms with van der Waals surface area (Å²) in [5, 5.41) is 16.9. The van der Waals surface area contributed by atoms with Gasteiger partial charge in [-0.05, 0) is 18.2 Å². The zero-order valence-corrected chi connectivity index (χ0v) is 6.39. The smallest absolute Gasteiger partial charge is 0.427 e. The third-order valence-electron chi connectivity index (χ3n) is 1.15. The summed E-state index contributed by atoms with van der Waals surface area (Å²) in [5.74, 6) is 0. The van der Waals surface area contributed by atoms with Gasteiger partial charge >= 0.3 is 7.12 Å². The van der Waals surface area contributed by atoms with Crippen LogP contribution in [0.25, 0.3) is 0 Å². The zero-order chi connectivity index (χ0) is 7.49. The second kappa shape index (κ2) is 3.23. The fourth-order valence-electron chi connectivity index (χ4n) is 0.562. The normalized spacial score (nSPS) is 11.7. The first-order valence-corrected chi connectivity index (χ1v) is 3.28. The Balaban J connectivity index is 3.28. The maximum Gasteiger partial charge on any atom is 0.451 e. The molecular formula is C6H15BO2. The fourth-order valence-corrected chi connectivity index (χ4v) is 0.562. The molecule has 0 rings (SSSR count). The van der Waals surface area contributed by atoms with E-state index in [0.29, 0.717) is 6.32 Å². The highest BCUT2D eigenvalue weighted by atomic mass is 16.4. The van der Waals surface area contributed by atoms with Crippen LogP contribution in [0.4, 0.5) is 0 Å². The molecule has 0 aliphatic carbocycles. The molecule has 0 saturated heterocycles. The van der Waals surface area contributed by atoms with Gasteiger partial charge in [-0.1, -0.05) is 20.8 Å². The number of hydrogen-bond acceptors (Lipinski definition) is 2. The maximum absolute atomic E-state index is 8.47. The molecule has 0 spiro atoms. The van der Waals surface area contributed by atoms with Crippen LogP contribution < -0.4 is 0 Å². The van der Waals surface area contributed by atoms with E-state index in [9.17, 15) is 0 Å². The second-order valence-corrected chi connectivity index (χ2v) is 3.58. The van der Waals surface area contributed by atoms with Gasteiger partial charge in [-0.3, -0.25) is 0 Å². The summed E-state index contributed by atoms with van der Waals surface area (Å²) in [6.45, 7) is 6.24.